The van der Waals surface area contributed by atoms with E-state index in [0.717, 1.165) is 29.1 Å². The van der Waals surface area contributed by atoms with Crippen LogP contribution in [0.2, 0.25) is 0 Å². The third kappa shape index (κ3) is 5.18. The number of nitrogens with zero attached hydrogens (tertiary/aromatic N) is 3. The van der Waals surface area contributed by atoms with Gasteiger partial charge < -0.3 is 24.6 Å². The van der Waals surface area contributed by atoms with Crippen LogP contribution in [0.5, 0.6) is 17.2 Å². The smallest absolute Gasteiger partial charge is 0.416 e. The first-order valence-electron chi connectivity index (χ1n) is 11.7. The van der Waals surface area contributed by atoms with Crippen molar-refractivity contribution in [3.63, 3.8) is 0 Å². The van der Waals surface area contributed by atoms with Crippen LogP contribution >= 0.6 is 0 Å². The van der Waals surface area contributed by atoms with Crippen LogP contribution in [0.4, 0.5) is 29.3 Å². The van der Waals surface area contributed by atoms with Crippen LogP contribution in [0, 0.1) is 6.92 Å². The van der Waals surface area contributed by atoms with Gasteiger partial charge in [-0.15, -0.1) is 0 Å². The molecule has 0 unspecified atom stereocenters. The Kier molecular flexibility index (Phi) is 6.41. The number of fused-ring (bicyclic) bond motifs is 2. The first kappa shape index (κ1) is 24.5. The highest BCUT2D eigenvalue weighted by Crippen LogP contribution is 2.40. The number of carbonyl (C=O) groups is 1. The number of piperazine rings is 1. The monoisotopic (exact) mass is 510 g/mol. The van der Waals surface area contributed by atoms with Crippen LogP contribution < -0.4 is 14.8 Å². The molecule has 0 spiro atoms. The van der Waals surface area contributed by atoms with E-state index in [-0.39, 0.29) is 5.69 Å². The summed E-state index contributed by atoms with van der Waals surface area (Å²) in [5, 5.41) is 2.58. The number of hydrogen-bond acceptors (Lipinski definition) is 5. The molecule has 3 aromatic carbocycles. The predicted octanol–water partition coefficient (Wildman–Crippen LogP) is 6.06. The van der Waals surface area contributed by atoms with Crippen molar-refractivity contribution >= 4 is 23.2 Å². The lowest BCUT2D eigenvalue weighted by Gasteiger charge is -2.36. The van der Waals surface area contributed by atoms with Crippen molar-refractivity contribution in [3.8, 4) is 17.2 Å². The van der Waals surface area contributed by atoms with E-state index in [1.54, 1.807) is 12.0 Å². The fraction of sp³-hybridized carbons (Fsp3) is 0.259. The maximum absolute atomic E-state index is 13.0. The Morgan fingerprint density at radius 2 is 1.78 bits per heavy atom. The van der Waals surface area contributed by atoms with Gasteiger partial charge in [-0.1, -0.05) is 12.1 Å². The van der Waals surface area contributed by atoms with Crippen LogP contribution in [0.25, 0.3) is 0 Å². The molecule has 7 nitrogen and oxygen atoms in total. The van der Waals surface area contributed by atoms with Crippen LogP contribution in [0.1, 0.15) is 16.7 Å². The molecular weight excluding hydrogens is 485 g/mol. The lowest BCUT2D eigenvalue weighted by atomic mass is 10.1. The molecule has 1 fully saturated rings. The van der Waals surface area contributed by atoms with E-state index in [1.165, 1.54) is 12.1 Å². The quantitative estimate of drug-likeness (QED) is 0.456. The van der Waals surface area contributed by atoms with E-state index in [4.69, 9.17) is 14.5 Å². The van der Waals surface area contributed by atoms with Gasteiger partial charge in [0, 0.05) is 37.9 Å². The van der Waals surface area contributed by atoms with Gasteiger partial charge in [-0.25, -0.2) is 9.79 Å². The van der Waals surface area contributed by atoms with E-state index < -0.39 is 17.8 Å². The maximum atomic E-state index is 13.0. The maximum Gasteiger partial charge on any atom is 0.416 e. The lowest BCUT2D eigenvalue weighted by molar-refractivity contribution is -0.137. The number of methoxy groups -OCH3 is 1. The summed E-state index contributed by atoms with van der Waals surface area (Å²) in [6.45, 7) is 3.70. The van der Waals surface area contributed by atoms with Crippen LogP contribution in [-0.4, -0.2) is 55.0 Å². The highest BCUT2D eigenvalue weighted by molar-refractivity contribution is 6.04. The molecule has 5 rings (SSSR count). The second-order valence-corrected chi connectivity index (χ2v) is 8.85. The summed E-state index contributed by atoms with van der Waals surface area (Å²) < 4.78 is 50.7. The second-order valence-electron chi connectivity index (χ2n) is 8.85. The molecule has 0 radical (unpaired) electrons. The fourth-order valence-electron chi connectivity index (χ4n) is 4.33. The van der Waals surface area contributed by atoms with Crippen molar-refractivity contribution in [1.29, 1.82) is 0 Å². The summed E-state index contributed by atoms with van der Waals surface area (Å²) in [7, 11) is 1.59. The van der Waals surface area contributed by atoms with Gasteiger partial charge in [-0.3, -0.25) is 0 Å². The first-order chi connectivity index (χ1) is 17.7. The summed E-state index contributed by atoms with van der Waals surface area (Å²) >= 11 is 0. The average molecular weight is 511 g/mol. The van der Waals surface area contributed by atoms with Gasteiger partial charge in [-0.05, 0) is 55.0 Å². The normalized spacial score (nSPS) is 15.1. The van der Waals surface area contributed by atoms with E-state index in [1.807, 2.05) is 43.3 Å². The minimum atomic E-state index is -4.48. The van der Waals surface area contributed by atoms with Gasteiger partial charge in [0.05, 0.1) is 18.2 Å². The Bertz CT molecular complexity index is 1370. The number of nitrogens with one attached hydrogen (secondary N) is 1. The van der Waals surface area contributed by atoms with E-state index in [0.29, 0.717) is 49.1 Å². The van der Waals surface area contributed by atoms with Crippen LogP contribution in [0.3, 0.4) is 0 Å². The number of anilines is 1. The zero-order valence-corrected chi connectivity index (χ0v) is 20.3. The molecule has 2 aliphatic rings. The lowest BCUT2D eigenvalue weighted by Crippen LogP contribution is -2.51. The highest BCUT2D eigenvalue weighted by Gasteiger charge is 2.31. The zero-order chi connectivity index (χ0) is 26.2. The van der Waals surface area contributed by atoms with Crippen LogP contribution in [0.15, 0.2) is 65.7 Å². The largest absolute Gasteiger partial charge is 0.497 e. The van der Waals surface area contributed by atoms with Crippen molar-refractivity contribution < 1.29 is 27.4 Å². The number of halogens is 3. The van der Waals surface area contributed by atoms with Crippen molar-refractivity contribution in [3.05, 3.63) is 77.4 Å². The molecule has 2 heterocycles. The fourth-order valence-corrected chi connectivity index (χ4v) is 4.33. The minimum Gasteiger partial charge on any atom is -0.497 e. The topological polar surface area (TPSA) is 66.4 Å². The standard InChI is InChI=1S/C27H25F3N4O3/c1-17-6-9-22-24(14-17)37-23-16-20(36-2)7-8-21(23)25(32-22)33-10-12-34(13-11-33)26(35)31-19-5-3-4-18(15-19)27(28,29)30/h3-9,14-16H,10-13H2,1-2H3,(H,31,35). The summed E-state index contributed by atoms with van der Waals surface area (Å²) in [5.74, 6) is 2.64. The number of urea groups is 1. The number of ether oxygens (including phenoxy) is 2. The number of amidine groups is 1. The number of alkyl halides is 3. The third-order valence-corrected chi connectivity index (χ3v) is 6.30. The first-order valence-corrected chi connectivity index (χ1v) is 11.7. The highest BCUT2D eigenvalue weighted by atomic mass is 19.4. The average Bonchev–Trinajstić information content (AvgIpc) is 3.04. The molecule has 2 aliphatic heterocycles. The molecule has 37 heavy (non-hydrogen) atoms. The summed E-state index contributed by atoms with van der Waals surface area (Å²) in [6.07, 6.45) is -4.48. The molecule has 10 heteroatoms. The molecule has 0 saturated carbocycles. The van der Waals surface area contributed by atoms with Crippen molar-refractivity contribution in [2.75, 3.05) is 38.6 Å². The molecule has 192 valence electrons. The zero-order valence-electron chi connectivity index (χ0n) is 20.3. The molecule has 3 aromatic rings. The summed E-state index contributed by atoms with van der Waals surface area (Å²) in [4.78, 5) is 21.4. The molecule has 1 N–H and O–H groups in total. The minimum absolute atomic E-state index is 0.0994. The van der Waals surface area contributed by atoms with E-state index in [9.17, 15) is 18.0 Å². The number of rotatable bonds is 2. The number of carbonyl (C=O) groups excluding carboxylic acids is 1. The van der Waals surface area contributed by atoms with Crippen molar-refractivity contribution in [2.24, 2.45) is 4.99 Å². The Hall–Kier alpha value is -4.21. The number of hydrogen-bond donors (Lipinski definition) is 1. The number of benzene rings is 3. The van der Waals surface area contributed by atoms with E-state index >= 15 is 0 Å². The van der Waals surface area contributed by atoms with Gasteiger partial charge in [-0.2, -0.15) is 13.2 Å². The Morgan fingerprint density at radius 1 is 1.00 bits per heavy atom. The molecule has 0 atom stereocenters. The van der Waals surface area contributed by atoms with E-state index in [2.05, 4.69) is 10.2 Å². The van der Waals surface area contributed by atoms with Gasteiger partial charge in [0.2, 0.25) is 0 Å². The van der Waals surface area contributed by atoms with Crippen molar-refractivity contribution in [2.45, 2.75) is 13.1 Å². The SMILES string of the molecule is COc1ccc2c(c1)Oc1cc(C)ccc1N=C2N1CCN(C(=O)Nc2cccc(C(F)(F)F)c2)CC1. The molecule has 1 saturated heterocycles. The summed E-state index contributed by atoms with van der Waals surface area (Å²) in [6, 6.07) is 15.5. The predicted molar refractivity (Wildman–Crippen MR) is 134 cm³/mol. The summed E-state index contributed by atoms with van der Waals surface area (Å²) in [5.41, 5.74) is 1.83. The Balaban J connectivity index is 1.34. The molecule has 2 amide bonds. The van der Waals surface area contributed by atoms with Crippen molar-refractivity contribution in [1.82, 2.24) is 9.80 Å². The Labute approximate surface area is 212 Å². The third-order valence-electron chi connectivity index (χ3n) is 6.30. The molecule has 0 aromatic heterocycles. The van der Waals surface area contributed by atoms with Gasteiger partial charge in [0.25, 0.3) is 0 Å². The van der Waals surface area contributed by atoms with Gasteiger partial charge in [0.1, 0.15) is 23.0 Å². The van der Waals surface area contributed by atoms with Gasteiger partial charge in [0.15, 0.2) is 5.75 Å². The van der Waals surface area contributed by atoms with Gasteiger partial charge >= 0.3 is 12.2 Å². The molecule has 0 aliphatic carbocycles. The molecular formula is C27H25F3N4O3. The second kappa shape index (κ2) is 9.68. The van der Waals surface area contributed by atoms with Crippen LogP contribution in [-0.2, 0) is 6.18 Å². The Morgan fingerprint density at radius 3 is 2.51 bits per heavy atom. The number of aryl methyl sites for hydroxylation is 1. The molecule has 0 bridgehead atoms. The number of amides is 2. The number of aliphatic imine (C=N–C) groups is 1.